The van der Waals surface area contributed by atoms with Crippen molar-refractivity contribution in [3.05, 3.63) is 47.5 Å². The molecule has 1 saturated carbocycles. The molecule has 5 rings (SSSR count). The lowest BCUT2D eigenvalue weighted by Gasteiger charge is -2.47. The Labute approximate surface area is 201 Å². The minimum Gasteiger partial charge on any atom is -0.454 e. The summed E-state index contributed by atoms with van der Waals surface area (Å²) in [6.07, 6.45) is 3.34. The lowest BCUT2D eigenvalue weighted by molar-refractivity contribution is -0.135. The van der Waals surface area contributed by atoms with Gasteiger partial charge < -0.3 is 30.3 Å². The number of halogens is 1. The summed E-state index contributed by atoms with van der Waals surface area (Å²) in [5.41, 5.74) is 1.09. The van der Waals surface area contributed by atoms with Gasteiger partial charge in [-0.25, -0.2) is 4.79 Å². The highest BCUT2D eigenvalue weighted by atomic mass is 35.5. The summed E-state index contributed by atoms with van der Waals surface area (Å²) in [5.74, 6) is 0.452. The number of benzene rings is 2. The van der Waals surface area contributed by atoms with Crippen LogP contribution < -0.4 is 25.4 Å². The molecule has 3 unspecified atom stereocenters. The average Bonchev–Trinajstić information content (AvgIpc) is 3.29. The number of urea groups is 1. The van der Waals surface area contributed by atoms with Gasteiger partial charge in [-0.1, -0.05) is 24.4 Å². The van der Waals surface area contributed by atoms with Crippen molar-refractivity contribution in [1.29, 1.82) is 0 Å². The van der Waals surface area contributed by atoms with Crippen LogP contribution in [-0.2, 0) is 9.59 Å². The van der Waals surface area contributed by atoms with Gasteiger partial charge in [0.25, 0.3) is 0 Å². The summed E-state index contributed by atoms with van der Waals surface area (Å²) >= 11 is 5.95. The highest BCUT2D eigenvalue weighted by Gasteiger charge is 2.46. The molecule has 3 N–H and O–H groups in total. The smallest absolute Gasteiger partial charge is 0.322 e. The molecular weight excluding hydrogens is 460 g/mol. The molecule has 2 fully saturated rings. The third-order valence-electron chi connectivity index (χ3n) is 6.42. The van der Waals surface area contributed by atoms with Gasteiger partial charge >= 0.3 is 6.03 Å². The number of carbonyl (C=O) groups is 3. The lowest BCUT2D eigenvalue weighted by atomic mass is 9.85. The van der Waals surface area contributed by atoms with Crippen LogP contribution in [0.15, 0.2) is 42.5 Å². The Morgan fingerprint density at radius 2 is 1.74 bits per heavy atom. The van der Waals surface area contributed by atoms with Crippen LogP contribution >= 0.6 is 11.6 Å². The molecule has 2 aromatic rings. The van der Waals surface area contributed by atoms with Gasteiger partial charge in [-0.3, -0.25) is 9.59 Å². The molecule has 0 aromatic heterocycles. The van der Waals surface area contributed by atoms with E-state index in [4.69, 9.17) is 21.1 Å². The van der Waals surface area contributed by atoms with Crippen LogP contribution in [0.3, 0.4) is 0 Å². The van der Waals surface area contributed by atoms with Gasteiger partial charge in [0.1, 0.15) is 6.04 Å². The van der Waals surface area contributed by atoms with Gasteiger partial charge in [-0.05, 0) is 49.2 Å². The second kappa shape index (κ2) is 9.42. The van der Waals surface area contributed by atoms with E-state index in [-0.39, 0.29) is 37.1 Å². The van der Waals surface area contributed by atoms with E-state index in [0.717, 1.165) is 25.7 Å². The number of ether oxygens (including phenoxy) is 2. The maximum absolute atomic E-state index is 13.4. The second-order valence-electron chi connectivity index (χ2n) is 8.65. The van der Waals surface area contributed by atoms with Crippen LogP contribution in [0.4, 0.5) is 16.2 Å². The SMILES string of the molecule is O=C(CC1C(=O)NC2CCCCC2N1C(=O)Nc1ccc(Cl)cc1)Nc1ccc2c(c1)OCO2. The Balaban J connectivity index is 1.34. The number of carbonyl (C=O) groups excluding carboxylic acids is 3. The largest absolute Gasteiger partial charge is 0.454 e. The monoisotopic (exact) mass is 484 g/mol. The minimum atomic E-state index is -0.930. The molecule has 2 heterocycles. The number of anilines is 2. The van der Waals surface area contributed by atoms with Gasteiger partial charge in [0, 0.05) is 28.5 Å². The summed E-state index contributed by atoms with van der Waals surface area (Å²) in [6.45, 7) is 0.134. The summed E-state index contributed by atoms with van der Waals surface area (Å²) in [7, 11) is 0. The Kier molecular flexibility index (Phi) is 6.19. The van der Waals surface area contributed by atoms with E-state index in [0.29, 0.717) is 27.9 Å². The van der Waals surface area contributed by atoms with Crippen LogP contribution in [0.2, 0.25) is 5.02 Å². The molecule has 10 heteroatoms. The number of nitrogens with zero attached hydrogens (tertiary/aromatic N) is 1. The van der Waals surface area contributed by atoms with Crippen molar-refractivity contribution in [2.24, 2.45) is 0 Å². The summed E-state index contributed by atoms with van der Waals surface area (Å²) < 4.78 is 10.6. The topological polar surface area (TPSA) is 109 Å². The fraction of sp³-hybridized carbons (Fsp3) is 0.375. The molecular formula is C24H25ClN4O5. The first-order valence-corrected chi connectivity index (χ1v) is 11.7. The summed E-state index contributed by atoms with van der Waals surface area (Å²) in [4.78, 5) is 40.9. The molecule has 2 aliphatic heterocycles. The van der Waals surface area contributed by atoms with E-state index >= 15 is 0 Å². The Morgan fingerprint density at radius 3 is 2.56 bits per heavy atom. The number of amides is 4. The van der Waals surface area contributed by atoms with Gasteiger partial charge in [-0.2, -0.15) is 0 Å². The predicted octanol–water partition coefficient (Wildman–Crippen LogP) is 3.74. The first kappa shape index (κ1) is 22.3. The Bertz CT molecular complexity index is 1110. The highest BCUT2D eigenvalue weighted by molar-refractivity contribution is 6.30. The fourth-order valence-corrected chi connectivity index (χ4v) is 4.94. The van der Waals surface area contributed by atoms with Gasteiger partial charge in [0.2, 0.25) is 18.6 Å². The molecule has 178 valence electrons. The van der Waals surface area contributed by atoms with Crippen LogP contribution in [0.5, 0.6) is 11.5 Å². The van der Waals surface area contributed by atoms with Gasteiger partial charge in [-0.15, -0.1) is 0 Å². The van der Waals surface area contributed by atoms with Crippen molar-refractivity contribution >= 4 is 40.8 Å². The van der Waals surface area contributed by atoms with Crippen LogP contribution in [0.25, 0.3) is 0 Å². The summed E-state index contributed by atoms with van der Waals surface area (Å²) in [6, 6.07) is 10.2. The molecule has 2 aromatic carbocycles. The molecule has 4 amide bonds. The van der Waals surface area contributed by atoms with Gasteiger partial charge in [0.05, 0.1) is 12.5 Å². The third kappa shape index (κ3) is 4.61. The molecule has 9 nitrogen and oxygen atoms in total. The van der Waals surface area contributed by atoms with E-state index in [9.17, 15) is 14.4 Å². The van der Waals surface area contributed by atoms with E-state index < -0.39 is 12.1 Å². The van der Waals surface area contributed by atoms with E-state index in [2.05, 4.69) is 16.0 Å². The molecule has 0 radical (unpaired) electrons. The maximum Gasteiger partial charge on any atom is 0.322 e. The van der Waals surface area contributed by atoms with Crippen LogP contribution in [0.1, 0.15) is 32.1 Å². The van der Waals surface area contributed by atoms with Crippen LogP contribution in [-0.4, -0.2) is 47.7 Å². The zero-order valence-corrected chi connectivity index (χ0v) is 19.1. The molecule has 34 heavy (non-hydrogen) atoms. The molecule has 0 spiro atoms. The number of nitrogens with one attached hydrogen (secondary N) is 3. The van der Waals surface area contributed by atoms with Crippen molar-refractivity contribution in [2.45, 2.75) is 50.2 Å². The molecule has 3 aliphatic rings. The standard InChI is InChI=1S/C24H25ClN4O5/c25-14-5-7-15(8-6-14)27-24(32)29-18-4-2-1-3-17(18)28-23(31)19(29)12-22(30)26-16-9-10-20-21(11-16)34-13-33-20/h5-11,17-19H,1-4,12-13H2,(H,26,30)(H,27,32)(H,28,31). The van der Waals surface area contributed by atoms with E-state index in [1.165, 1.54) is 0 Å². The zero-order chi connectivity index (χ0) is 23.7. The molecule has 1 saturated heterocycles. The highest BCUT2D eigenvalue weighted by Crippen LogP contribution is 2.35. The molecule has 3 atom stereocenters. The first-order valence-electron chi connectivity index (χ1n) is 11.3. The third-order valence-corrected chi connectivity index (χ3v) is 6.67. The second-order valence-corrected chi connectivity index (χ2v) is 9.08. The van der Waals surface area contributed by atoms with Crippen molar-refractivity contribution < 1.29 is 23.9 Å². The van der Waals surface area contributed by atoms with Crippen LogP contribution in [0, 0.1) is 0 Å². The minimum absolute atomic E-state index is 0.120. The Hall–Kier alpha value is -3.46. The number of rotatable bonds is 4. The number of piperazine rings is 1. The van der Waals surface area contributed by atoms with Crippen molar-refractivity contribution in [3.8, 4) is 11.5 Å². The van der Waals surface area contributed by atoms with Gasteiger partial charge in [0.15, 0.2) is 11.5 Å². The Morgan fingerprint density at radius 1 is 1.00 bits per heavy atom. The van der Waals surface area contributed by atoms with Crippen molar-refractivity contribution in [3.63, 3.8) is 0 Å². The lowest BCUT2D eigenvalue weighted by Crippen LogP contribution is -2.68. The predicted molar refractivity (Wildman–Crippen MR) is 126 cm³/mol. The van der Waals surface area contributed by atoms with Crippen molar-refractivity contribution in [2.75, 3.05) is 17.4 Å². The normalized spacial score (nSPS) is 23.0. The molecule has 0 bridgehead atoms. The van der Waals surface area contributed by atoms with Crippen molar-refractivity contribution in [1.82, 2.24) is 10.2 Å². The fourth-order valence-electron chi connectivity index (χ4n) is 4.82. The zero-order valence-electron chi connectivity index (χ0n) is 18.4. The quantitative estimate of drug-likeness (QED) is 0.612. The number of hydrogen-bond donors (Lipinski definition) is 3. The van der Waals surface area contributed by atoms with E-state index in [1.54, 1.807) is 47.4 Å². The summed E-state index contributed by atoms with van der Waals surface area (Å²) in [5, 5.41) is 9.25. The number of fused-ring (bicyclic) bond motifs is 2. The number of hydrogen-bond acceptors (Lipinski definition) is 5. The average molecular weight is 485 g/mol. The maximum atomic E-state index is 13.4. The molecule has 1 aliphatic carbocycles. The first-order chi connectivity index (χ1) is 16.5. The van der Waals surface area contributed by atoms with E-state index in [1.807, 2.05) is 0 Å².